The lowest BCUT2D eigenvalue weighted by Crippen LogP contribution is -2.55. The Bertz CT molecular complexity index is 1460. The second kappa shape index (κ2) is 11.1. The molecular formula is C30H33N3O8. The highest BCUT2D eigenvalue weighted by atomic mass is 16.6. The van der Waals surface area contributed by atoms with Crippen LogP contribution in [0.5, 0.6) is 17.2 Å². The van der Waals surface area contributed by atoms with E-state index < -0.39 is 17.8 Å². The Kier molecular flexibility index (Phi) is 7.31. The minimum Gasteiger partial charge on any atom is -0.497 e. The Morgan fingerprint density at radius 3 is 2.78 bits per heavy atom. The van der Waals surface area contributed by atoms with Gasteiger partial charge in [-0.3, -0.25) is 19.6 Å². The quantitative estimate of drug-likeness (QED) is 0.429. The van der Waals surface area contributed by atoms with Crippen LogP contribution in [0.2, 0.25) is 0 Å². The van der Waals surface area contributed by atoms with Crippen LogP contribution in [0.15, 0.2) is 48.7 Å². The fourth-order valence-corrected chi connectivity index (χ4v) is 6.06. The fourth-order valence-electron chi connectivity index (χ4n) is 6.06. The number of likely N-dealkylation sites (tertiary alicyclic amines) is 1. The summed E-state index contributed by atoms with van der Waals surface area (Å²) in [7, 11) is 2.95. The Morgan fingerprint density at radius 1 is 1.15 bits per heavy atom. The lowest BCUT2D eigenvalue weighted by molar-refractivity contribution is -0.146. The lowest BCUT2D eigenvalue weighted by Gasteiger charge is -2.44. The zero-order valence-electron chi connectivity index (χ0n) is 23.1. The average Bonchev–Trinajstić information content (AvgIpc) is 3.34. The van der Waals surface area contributed by atoms with Gasteiger partial charge in [0.15, 0.2) is 11.5 Å². The number of fused-ring (bicyclic) bond motifs is 2. The first-order valence-corrected chi connectivity index (χ1v) is 13.7. The highest BCUT2D eigenvalue weighted by Gasteiger charge is 2.54. The van der Waals surface area contributed by atoms with Crippen molar-refractivity contribution >= 4 is 28.7 Å². The molecule has 1 amide bonds. The summed E-state index contributed by atoms with van der Waals surface area (Å²) < 4.78 is 27.8. The summed E-state index contributed by atoms with van der Waals surface area (Å²) in [5, 5.41) is 12.1. The zero-order valence-corrected chi connectivity index (χ0v) is 23.1. The highest BCUT2D eigenvalue weighted by molar-refractivity contribution is 5.91. The molecule has 216 valence electrons. The summed E-state index contributed by atoms with van der Waals surface area (Å²) in [6.07, 6.45) is 0.992. The monoisotopic (exact) mass is 563 g/mol. The molecule has 2 unspecified atom stereocenters. The molecule has 3 aliphatic heterocycles. The Balaban J connectivity index is 1.21. The number of carbonyl (C=O) groups excluding carboxylic acids is 2. The molecule has 11 heteroatoms. The first-order chi connectivity index (χ1) is 19.9. The van der Waals surface area contributed by atoms with Crippen LogP contribution < -0.4 is 19.1 Å². The number of anilines is 1. The Labute approximate surface area is 237 Å². The standard InChI is InChI=1S/C30H33N3O8/c1-37-21-4-5-24-23(15-21)22(7-9-31-24)25(34)17-32-10-8-30(19(16-32)13-28(35)38-2)18-33(29(36)41-30)20-3-6-26-27(14-20)40-12-11-39-26/h3-7,9,14-15,19,25,34H,8,10-13,16-18H2,1-2H3/t19?,25-,30?/m1/s1. The Hall–Kier alpha value is -4.09. The van der Waals surface area contributed by atoms with Crippen LogP contribution in [-0.4, -0.2) is 86.3 Å². The van der Waals surface area contributed by atoms with Crippen LogP contribution in [0.25, 0.3) is 10.9 Å². The summed E-state index contributed by atoms with van der Waals surface area (Å²) in [5.41, 5.74) is 1.28. The molecular weight excluding hydrogens is 530 g/mol. The number of carbonyl (C=O) groups is 2. The van der Waals surface area contributed by atoms with Crippen molar-refractivity contribution in [2.75, 3.05) is 58.5 Å². The number of nitrogens with zero attached hydrogens (tertiary/aromatic N) is 3. The van der Waals surface area contributed by atoms with Crippen LogP contribution in [0.1, 0.15) is 24.5 Å². The van der Waals surface area contributed by atoms with E-state index in [2.05, 4.69) is 9.88 Å². The van der Waals surface area contributed by atoms with E-state index in [1.54, 1.807) is 30.3 Å². The van der Waals surface area contributed by atoms with Crippen LogP contribution in [0.4, 0.5) is 10.5 Å². The minimum absolute atomic E-state index is 0.0841. The molecule has 1 spiro atoms. The highest BCUT2D eigenvalue weighted by Crippen LogP contribution is 2.43. The minimum atomic E-state index is -0.878. The van der Waals surface area contributed by atoms with E-state index in [0.717, 1.165) is 16.5 Å². The number of hydrogen-bond donors (Lipinski definition) is 1. The molecule has 1 aromatic heterocycles. The topological polar surface area (TPSA) is 120 Å². The molecule has 1 N–H and O–H groups in total. The smallest absolute Gasteiger partial charge is 0.415 e. The van der Waals surface area contributed by atoms with Crippen LogP contribution in [0.3, 0.4) is 0 Å². The molecule has 11 nitrogen and oxygen atoms in total. The third-order valence-corrected chi connectivity index (χ3v) is 8.26. The molecule has 2 fully saturated rings. The van der Waals surface area contributed by atoms with Gasteiger partial charge in [-0.15, -0.1) is 0 Å². The molecule has 2 saturated heterocycles. The second-order valence-corrected chi connectivity index (χ2v) is 10.6. The Morgan fingerprint density at radius 2 is 1.98 bits per heavy atom. The van der Waals surface area contributed by atoms with Gasteiger partial charge in [0, 0.05) is 49.6 Å². The van der Waals surface area contributed by atoms with Crippen molar-refractivity contribution < 1.29 is 38.4 Å². The van der Waals surface area contributed by atoms with Gasteiger partial charge in [-0.25, -0.2) is 4.79 Å². The largest absolute Gasteiger partial charge is 0.497 e. The molecule has 41 heavy (non-hydrogen) atoms. The molecule has 4 heterocycles. The summed E-state index contributed by atoms with van der Waals surface area (Å²) in [4.78, 5) is 33.8. The molecule has 0 bridgehead atoms. The number of β-amino-alcohol motifs (C(OH)–C–C–N with tert-alkyl or cyclic N) is 1. The van der Waals surface area contributed by atoms with Gasteiger partial charge >= 0.3 is 12.1 Å². The van der Waals surface area contributed by atoms with E-state index in [1.807, 2.05) is 30.3 Å². The summed E-state index contributed by atoms with van der Waals surface area (Å²) >= 11 is 0. The molecule has 0 saturated carbocycles. The van der Waals surface area contributed by atoms with Crippen LogP contribution in [0, 0.1) is 5.92 Å². The van der Waals surface area contributed by atoms with Gasteiger partial charge in [0.25, 0.3) is 0 Å². The predicted molar refractivity (Wildman–Crippen MR) is 148 cm³/mol. The van der Waals surface area contributed by atoms with E-state index in [-0.39, 0.29) is 24.9 Å². The number of rotatable bonds is 7. The first kappa shape index (κ1) is 27.1. The maximum absolute atomic E-state index is 13.2. The third kappa shape index (κ3) is 5.22. The maximum atomic E-state index is 13.2. The SMILES string of the molecule is COC(=O)CC1CN(C[C@@H](O)c2ccnc3ccc(OC)cc23)CCC12CN(c1ccc3c(c1)OCCO3)C(=O)O2. The van der Waals surface area contributed by atoms with E-state index in [4.69, 9.17) is 23.7 Å². The number of pyridine rings is 1. The van der Waals surface area contributed by atoms with Gasteiger partial charge in [0.05, 0.1) is 44.5 Å². The molecule has 0 radical (unpaired) electrons. The lowest BCUT2D eigenvalue weighted by atomic mass is 9.78. The summed E-state index contributed by atoms with van der Waals surface area (Å²) in [6.45, 7) is 2.57. The number of esters is 1. The number of methoxy groups -OCH3 is 2. The number of aromatic nitrogens is 1. The summed E-state index contributed by atoms with van der Waals surface area (Å²) in [5.74, 6) is 1.19. The van der Waals surface area contributed by atoms with E-state index in [0.29, 0.717) is 62.2 Å². The van der Waals surface area contributed by atoms with Crippen LogP contribution in [-0.2, 0) is 14.3 Å². The maximum Gasteiger partial charge on any atom is 0.415 e. The predicted octanol–water partition coefficient (Wildman–Crippen LogP) is 3.33. The average molecular weight is 564 g/mol. The van der Waals surface area contributed by atoms with Gasteiger partial charge < -0.3 is 28.8 Å². The van der Waals surface area contributed by atoms with Gasteiger partial charge in [-0.2, -0.15) is 0 Å². The van der Waals surface area contributed by atoms with E-state index in [9.17, 15) is 14.7 Å². The van der Waals surface area contributed by atoms with Crippen molar-refractivity contribution in [1.29, 1.82) is 0 Å². The van der Waals surface area contributed by atoms with E-state index >= 15 is 0 Å². The molecule has 3 aromatic rings. The molecule has 2 aromatic carbocycles. The number of amides is 1. The van der Waals surface area contributed by atoms with Crippen molar-refractivity contribution in [3.8, 4) is 17.2 Å². The van der Waals surface area contributed by atoms with Crippen molar-refractivity contribution in [3.63, 3.8) is 0 Å². The summed E-state index contributed by atoms with van der Waals surface area (Å²) in [6, 6.07) is 12.8. The van der Waals surface area contributed by atoms with Gasteiger partial charge in [0.2, 0.25) is 0 Å². The number of benzene rings is 2. The van der Waals surface area contributed by atoms with Gasteiger partial charge in [0.1, 0.15) is 24.6 Å². The number of piperidine rings is 1. The first-order valence-electron chi connectivity index (χ1n) is 13.7. The fraction of sp³-hybridized carbons (Fsp3) is 0.433. The van der Waals surface area contributed by atoms with Gasteiger partial charge in [-0.1, -0.05) is 0 Å². The molecule has 0 aliphatic carbocycles. The molecule has 6 rings (SSSR count). The van der Waals surface area contributed by atoms with Crippen LogP contribution >= 0.6 is 0 Å². The number of aliphatic hydroxyl groups is 1. The number of hydrogen-bond acceptors (Lipinski definition) is 10. The zero-order chi connectivity index (χ0) is 28.6. The number of ether oxygens (including phenoxy) is 5. The van der Waals surface area contributed by atoms with E-state index in [1.165, 1.54) is 7.11 Å². The van der Waals surface area contributed by atoms with Crippen molar-refractivity contribution in [2.45, 2.75) is 24.5 Å². The van der Waals surface area contributed by atoms with Crippen molar-refractivity contribution in [1.82, 2.24) is 9.88 Å². The van der Waals surface area contributed by atoms with Gasteiger partial charge in [-0.05, 0) is 42.0 Å². The molecule has 3 aliphatic rings. The van der Waals surface area contributed by atoms with Crippen molar-refractivity contribution in [2.24, 2.45) is 5.92 Å². The third-order valence-electron chi connectivity index (χ3n) is 8.26. The van der Waals surface area contributed by atoms with Crippen molar-refractivity contribution in [3.05, 3.63) is 54.2 Å². The number of aliphatic hydroxyl groups excluding tert-OH is 1. The molecule has 3 atom stereocenters. The normalized spacial score (nSPS) is 23.0. The second-order valence-electron chi connectivity index (χ2n) is 10.6.